The summed E-state index contributed by atoms with van der Waals surface area (Å²) in [5.41, 5.74) is 8.29. The Morgan fingerprint density at radius 2 is 2.16 bits per heavy atom. The van der Waals surface area contributed by atoms with Crippen LogP contribution in [0.4, 0.5) is 11.5 Å². The topological polar surface area (TPSA) is 114 Å². The number of nitrogen functional groups attached to an aromatic ring is 1. The van der Waals surface area contributed by atoms with E-state index >= 15 is 0 Å². The van der Waals surface area contributed by atoms with E-state index in [0.717, 1.165) is 26.4 Å². The van der Waals surface area contributed by atoms with E-state index < -0.39 is 6.10 Å². The summed E-state index contributed by atoms with van der Waals surface area (Å²) in [6, 6.07) is 4.46. The number of likely N-dealkylation sites (N-methyl/N-ethyl adjacent to an activating group) is 1. The number of hydrogen-bond acceptors (Lipinski definition) is 9. The number of halogens is 1. The Hall–Kier alpha value is -1.83. The molecule has 31 heavy (non-hydrogen) atoms. The Kier molecular flexibility index (Phi) is 6.74. The molecule has 9 nitrogen and oxygen atoms in total. The van der Waals surface area contributed by atoms with Crippen molar-refractivity contribution in [1.29, 1.82) is 0 Å². The predicted molar refractivity (Wildman–Crippen MR) is 131 cm³/mol. The highest BCUT2D eigenvalue weighted by molar-refractivity contribution is 14.1. The van der Waals surface area contributed by atoms with Crippen LogP contribution in [-0.4, -0.2) is 63.5 Å². The van der Waals surface area contributed by atoms with E-state index in [2.05, 4.69) is 55.9 Å². The minimum absolute atomic E-state index is 0.288. The van der Waals surface area contributed by atoms with E-state index in [9.17, 15) is 5.11 Å². The fourth-order valence-electron chi connectivity index (χ4n) is 3.35. The molecule has 1 atom stereocenters. The van der Waals surface area contributed by atoms with Gasteiger partial charge in [0, 0.05) is 28.1 Å². The molecule has 0 fully saturated rings. The van der Waals surface area contributed by atoms with Gasteiger partial charge in [-0.1, -0.05) is 25.6 Å². The molecule has 3 heterocycles. The van der Waals surface area contributed by atoms with Crippen molar-refractivity contribution in [3.63, 3.8) is 0 Å². The standard InChI is InChI=1S/C20H26IN7O2S/c1-11(2)23-8-12(29)9-28-19-17(18(22)24-10-25-19)26-20(28)31-16-7-15-14(6-13(16)21)27(3)4-5-30-15/h6-7,10-12,23,29H,4-5,8-9H2,1-3H3,(H2,22,24,25). The molecule has 11 heteroatoms. The van der Waals surface area contributed by atoms with Crippen molar-refractivity contribution < 1.29 is 9.84 Å². The zero-order chi connectivity index (χ0) is 22.1. The molecule has 2 aromatic heterocycles. The van der Waals surface area contributed by atoms with Gasteiger partial charge in [0.15, 0.2) is 22.1 Å². The van der Waals surface area contributed by atoms with E-state index in [1.807, 2.05) is 24.5 Å². The minimum Gasteiger partial charge on any atom is -0.490 e. The summed E-state index contributed by atoms with van der Waals surface area (Å²) >= 11 is 3.84. The molecule has 1 aromatic carbocycles. The quantitative estimate of drug-likeness (QED) is 0.378. The normalized spacial score (nSPS) is 14.7. The van der Waals surface area contributed by atoms with Crippen LogP contribution in [0.3, 0.4) is 0 Å². The van der Waals surface area contributed by atoms with Gasteiger partial charge in [-0.2, -0.15) is 0 Å². The number of anilines is 2. The maximum absolute atomic E-state index is 10.6. The lowest BCUT2D eigenvalue weighted by molar-refractivity contribution is 0.147. The number of nitrogens with one attached hydrogen (secondary N) is 1. The third-order valence-corrected chi connectivity index (χ3v) is 7.30. The number of hydrogen-bond donors (Lipinski definition) is 3. The van der Waals surface area contributed by atoms with Crippen LogP contribution in [0.25, 0.3) is 11.2 Å². The third kappa shape index (κ3) is 4.83. The predicted octanol–water partition coefficient (Wildman–Crippen LogP) is 2.35. The largest absolute Gasteiger partial charge is 0.490 e. The Balaban J connectivity index is 1.69. The van der Waals surface area contributed by atoms with Crippen molar-refractivity contribution in [3.05, 3.63) is 22.0 Å². The summed E-state index contributed by atoms with van der Waals surface area (Å²) in [7, 11) is 2.07. The van der Waals surface area contributed by atoms with Crippen molar-refractivity contribution in [2.24, 2.45) is 0 Å². The van der Waals surface area contributed by atoms with Crippen molar-refractivity contribution in [1.82, 2.24) is 24.8 Å². The zero-order valence-electron chi connectivity index (χ0n) is 17.7. The Bertz CT molecular complexity index is 1090. The van der Waals surface area contributed by atoms with E-state index in [1.165, 1.54) is 18.1 Å². The van der Waals surface area contributed by atoms with Crippen molar-refractivity contribution in [2.75, 3.05) is 37.4 Å². The molecular weight excluding hydrogens is 529 g/mol. The third-order valence-electron chi connectivity index (χ3n) is 4.99. The highest BCUT2D eigenvalue weighted by Crippen LogP contribution is 2.41. The first-order chi connectivity index (χ1) is 14.8. The summed E-state index contributed by atoms with van der Waals surface area (Å²) in [6.07, 6.45) is 0.824. The Morgan fingerprint density at radius 3 is 2.94 bits per heavy atom. The minimum atomic E-state index is -0.602. The zero-order valence-corrected chi connectivity index (χ0v) is 20.6. The van der Waals surface area contributed by atoms with Crippen LogP contribution < -0.4 is 20.7 Å². The van der Waals surface area contributed by atoms with Gasteiger partial charge >= 0.3 is 0 Å². The van der Waals surface area contributed by atoms with E-state index in [4.69, 9.17) is 15.5 Å². The van der Waals surface area contributed by atoms with E-state index in [-0.39, 0.29) is 6.04 Å². The first kappa shape index (κ1) is 22.4. The van der Waals surface area contributed by atoms with Gasteiger partial charge in [0.1, 0.15) is 18.7 Å². The number of benzene rings is 1. The highest BCUT2D eigenvalue weighted by Gasteiger charge is 2.22. The van der Waals surface area contributed by atoms with E-state index in [0.29, 0.717) is 41.8 Å². The fraction of sp³-hybridized carbons (Fsp3) is 0.450. The number of fused-ring (bicyclic) bond motifs is 2. The number of aliphatic hydroxyl groups is 1. The van der Waals surface area contributed by atoms with Gasteiger partial charge in [-0.25, -0.2) is 15.0 Å². The van der Waals surface area contributed by atoms with Crippen LogP contribution in [0.2, 0.25) is 0 Å². The second-order valence-corrected chi connectivity index (χ2v) is 9.95. The number of nitrogens with zero attached hydrogens (tertiary/aromatic N) is 5. The maximum Gasteiger partial charge on any atom is 0.175 e. The molecule has 0 saturated heterocycles. The summed E-state index contributed by atoms with van der Waals surface area (Å²) < 4.78 is 8.88. The van der Waals surface area contributed by atoms with Gasteiger partial charge < -0.3 is 30.4 Å². The van der Waals surface area contributed by atoms with Crippen molar-refractivity contribution >= 4 is 57.0 Å². The second kappa shape index (κ2) is 9.35. The van der Waals surface area contributed by atoms with Crippen LogP contribution >= 0.6 is 34.4 Å². The number of rotatable bonds is 7. The van der Waals surface area contributed by atoms with Gasteiger partial charge in [0.05, 0.1) is 24.9 Å². The summed E-state index contributed by atoms with van der Waals surface area (Å²) in [5.74, 6) is 1.19. The molecule has 4 N–H and O–H groups in total. The molecule has 0 spiro atoms. The first-order valence-electron chi connectivity index (χ1n) is 10.1. The second-order valence-electron chi connectivity index (χ2n) is 7.78. The molecule has 1 unspecified atom stereocenters. The number of ether oxygens (including phenoxy) is 1. The first-order valence-corrected chi connectivity index (χ1v) is 12.0. The highest BCUT2D eigenvalue weighted by atomic mass is 127. The van der Waals surface area contributed by atoms with Crippen molar-refractivity contribution in [3.8, 4) is 5.75 Å². The van der Waals surface area contributed by atoms with Crippen LogP contribution in [0.15, 0.2) is 28.5 Å². The Morgan fingerprint density at radius 1 is 1.35 bits per heavy atom. The smallest absolute Gasteiger partial charge is 0.175 e. The molecule has 0 saturated carbocycles. The molecule has 0 aliphatic carbocycles. The summed E-state index contributed by atoms with van der Waals surface area (Å²) in [5, 5.41) is 14.6. The molecule has 0 radical (unpaired) electrons. The fourth-order valence-corrected chi connectivity index (χ4v) is 5.06. The van der Waals surface area contributed by atoms with Gasteiger partial charge in [0.2, 0.25) is 0 Å². The van der Waals surface area contributed by atoms with Crippen LogP contribution in [0.1, 0.15) is 13.8 Å². The maximum atomic E-state index is 10.6. The molecular formula is C20H26IN7O2S. The monoisotopic (exact) mass is 555 g/mol. The molecule has 1 aliphatic rings. The average molecular weight is 555 g/mol. The van der Waals surface area contributed by atoms with Crippen LogP contribution in [0.5, 0.6) is 5.75 Å². The molecule has 166 valence electrons. The van der Waals surface area contributed by atoms with E-state index in [1.54, 1.807) is 0 Å². The summed E-state index contributed by atoms with van der Waals surface area (Å²) in [6.45, 7) is 6.44. The summed E-state index contributed by atoms with van der Waals surface area (Å²) in [4.78, 5) is 16.4. The lowest BCUT2D eigenvalue weighted by Crippen LogP contribution is -2.34. The number of aromatic nitrogens is 4. The average Bonchev–Trinajstić information content (AvgIpc) is 3.06. The SMILES string of the molecule is CC(C)NCC(O)Cn1c(Sc2cc3c(cc2I)N(C)CCO3)nc2c(N)ncnc21. The molecule has 0 amide bonds. The molecule has 3 aromatic rings. The van der Waals surface area contributed by atoms with Crippen molar-refractivity contribution in [2.45, 2.75) is 42.6 Å². The molecule has 4 rings (SSSR count). The number of nitrogens with two attached hydrogens (primary N) is 1. The van der Waals surface area contributed by atoms with Gasteiger partial charge in [0.25, 0.3) is 0 Å². The molecule has 0 bridgehead atoms. The lowest BCUT2D eigenvalue weighted by Gasteiger charge is -2.28. The Labute approximate surface area is 198 Å². The lowest BCUT2D eigenvalue weighted by atomic mass is 10.2. The molecule has 1 aliphatic heterocycles. The number of aliphatic hydroxyl groups excluding tert-OH is 1. The van der Waals surface area contributed by atoms with Gasteiger partial charge in [-0.15, -0.1) is 0 Å². The van der Waals surface area contributed by atoms with Crippen LogP contribution in [0, 0.1) is 3.57 Å². The van der Waals surface area contributed by atoms with Gasteiger partial charge in [-0.05, 0) is 34.7 Å². The van der Waals surface area contributed by atoms with Crippen LogP contribution in [-0.2, 0) is 6.54 Å². The van der Waals surface area contributed by atoms with Gasteiger partial charge in [-0.3, -0.25) is 0 Å². The number of imidazole rings is 1.